The van der Waals surface area contributed by atoms with Crippen molar-refractivity contribution in [2.75, 3.05) is 59.5 Å². The first-order valence-electron chi connectivity index (χ1n) is 13.4. The summed E-state index contributed by atoms with van der Waals surface area (Å²) in [7, 11) is 6.07. The van der Waals surface area contributed by atoms with Crippen molar-refractivity contribution in [3.05, 3.63) is 47.8 Å². The summed E-state index contributed by atoms with van der Waals surface area (Å²) in [4.78, 5) is 42.5. The average molecular weight is 574 g/mol. The summed E-state index contributed by atoms with van der Waals surface area (Å²) < 4.78 is 35.6. The number of carbonyl (C=O) groups is 3. The lowest BCUT2D eigenvalue weighted by atomic mass is 9.86. The van der Waals surface area contributed by atoms with Crippen LogP contribution in [0.5, 0.6) is 5.75 Å². The van der Waals surface area contributed by atoms with Crippen LogP contribution in [-0.2, 0) is 19.0 Å². The number of nitrogens with one attached hydrogen (secondary N) is 1. The Kier molecular flexibility index (Phi) is 10.2. The third kappa shape index (κ3) is 7.87. The lowest BCUT2D eigenvalue weighted by Gasteiger charge is -2.44. The van der Waals surface area contributed by atoms with E-state index < -0.39 is 29.0 Å². The molecule has 2 amide bonds. The topological polar surface area (TPSA) is 107 Å². The first-order chi connectivity index (χ1) is 19.3. The molecule has 11 heteroatoms. The molecule has 1 heterocycles. The fourth-order valence-corrected chi connectivity index (χ4v) is 4.82. The van der Waals surface area contributed by atoms with Gasteiger partial charge in [0, 0.05) is 27.7 Å². The van der Waals surface area contributed by atoms with E-state index in [0.717, 1.165) is 0 Å². The number of methoxy groups -OCH3 is 2. The second-order valence-corrected chi connectivity index (χ2v) is 11.1. The number of alkyl carbamates (subject to hydrolysis) is 1. The summed E-state index contributed by atoms with van der Waals surface area (Å²) in [6.07, 6.45) is 0.256. The van der Waals surface area contributed by atoms with Crippen LogP contribution in [0.1, 0.15) is 44.0 Å². The van der Waals surface area contributed by atoms with Crippen LogP contribution in [0.25, 0.3) is 11.1 Å². The first-order valence-corrected chi connectivity index (χ1v) is 13.4. The predicted molar refractivity (Wildman–Crippen MR) is 153 cm³/mol. The Morgan fingerprint density at radius 2 is 1.73 bits per heavy atom. The normalized spacial score (nSPS) is 17.0. The fraction of sp³-hybridized carbons (Fsp3) is 0.500. The molecule has 0 saturated carbocycles. The van der Waals surface area contributed by atoms with E-state index in [1.165, 1.54) is 31.3 Å². The molecule has 1 N–H and O–H groups in total. The van der Waals surface area contributed by atoms with Crippen LogP contribution in [-0.4, -0.2) is 88.6 Å². The van der Waals surface area contributed by atoms with Gasteiger partial charge in [0.05, 0.1) is 31.5 Å². The van der Waals surface area contributed by atoms with Gasteiger partial charge in [0.2, 0.25) is 5.91 Å². The highest BCUT2D eigenvalue weighted by molar-refractivity contribution is 5.98. The van der Waals surface area contributed by atoms with Gasteiger partial charge in [0.15, 0.2) is 11.6 Å². The Hall–Kier alpha value is -3.86. The Labute approximate surface area is 240 Å². The molecule has 0 bridgehead atoms. The Balaban J connectivity index is 1.97. The van der Waals surface area contributed by atoms with Crippen LogP contribution >= 0.6 is 0 Å². The van der Waals surface area contributed by atoms with Crippen molar-refractivity contribution in [3.63, 3.8) is 0 Å². The highest BCUT2D eigenvalue weighted by atomic mass is 19.1. The van der Waals surface area contributed by atoms with Crippen LogP contribution in [0.3, 0.4) is 0 Å². The van der Waals surface area contributed by atoms with Gasteiger partial charge in [-0.1, -0.05) is 12.1 Å². The second kappa shape index (κ2) is 13.2. The number of benzene rings is 2. The summed E-state index contributed by atoms with van der Waals surface area (Å²) in [6.45, 7) is 6.42. The van der Waals surface area contributed by atoms with Gasteiger partial charge in [-0.25, -0.2) is 14.0 Å². The molecule has 2 aromatic carbocycles. The smallest absolute Gasteiger partial charge is 0.408 e. The minimum Gasteiger partial charge on any atom is -0.488 e. The molecule has 0 spiro atoms. The summed E-state index contributed by atoms with van der Waals surface area (Å²) in [5.74, 6) is -1.31. The number of likely N-dealkylation sites (N-methyl/N-ethyl adjacent to an activating group) is 1. The Morgan fingerprint density at radius 3 is 2.34 bits per heavy atom. The zero-order valence-corrected chi connectivity index (χ0v) is 24.8. The minimum atomic E-state index is -1.28. The summed E-state index contributed by atoms with van der Waals surface area (Å²) in [6, 6.07) is 9.71. The maximum absolute atomic E-state index is 14.7. The number of halogens is 1. The third-order valence-electron chi connectivity index (χ3n) is 6.60. The van der Waals surface area contributed by atoms with E-state index in [-0.39, 0.29) is 30.4 Å². The highest BCUT2D eigenvalue weighted by Crippen LogP contribution is 2.34. The molecule has 1 aliphatic heterocycles. The van der Waals surface area contributed by atoms with E-state index in [4.69, 9.17) is 18.9 Å². The molecular weight excluding hydrogens is 533 g/mol. The number of rotatable bonds is 9. The van der Waals surface area contributed by atoms with Gasteiger partial charge in [-0.3, -0.25) is 4.79 Å². The zero-order valence-electron chi connectivity index (χ0n) is 24.8. The number of nitrogens with zero attached hydrogens (tertiary/aromatic N) is 2. The number of ether oxygens (including phenoxy) is 4. The molecule has 0 aromatic heterocycles. The van der Waals surface area contributed by atoms with Crippen LogP contribution in [0.2, 0.25) is 0 Å². The Bertz CT molecular complexity index is 1260. The average Bonchev–Trinajstić information content (AvgIpc) is 2.91. The number of hydrogen-bond donors (Lipinski definition) is 1. The number of hydrogen-bond acceptors (Lipinski definition) is 8. The second-order valence-electron chi connectivity index (χ2n) is 11.1. The van der Waals surface area contributed by atoms with Gasteiger partial charge in [-0.05, 0) is 69.0 Å². The number of amides is 2. The molecule has 2 aromatic rings. The van der Waals surface area contributed by atoms with Gasteiger partial charge in [-0.2, -0.15) is 0 Å². The summed E-state index contributed by atoms with van der Waals surface area (Å²) in [5.41, 5.74) is -0.115. The van der Waals surface area contributed by atoms with Gasteiger partial charge < -0.3 is 34.1 Å². The van der Waals surface area contributed by atoms with Gasteiger partial charge in [0.1, 0.15) is 17.7 Å². The van der Waals surface area contributed by atoms with Crippen LogP contribution in [0, 0.1) is 5.82 Å². The van der Waals surface area contributed by atoms with Gasteiger partial charge >= 0.3 is 12.1 Å². The fourth-order valence-electron chi connectivity index (χ4n) is 4.82. The first kappa shape index (κ1) is 31.7. The molecular formula is C30H40FN3O7. The van der Waals surface area contributed by atoms with Gasteiger partial charge in [0.25, 0.3) is 0 Å². The molecule has 1 unspecified atom stereocenters. The number of esters is 1. The van der Waals surface area contributed by atoms with E-state index in [9.17, 15) is 18.8 Å². The van der Waals surface area contributed by atoms with E-state index in [1.807, 2.05) is 4.90 Å². The van der Waals surface area contributed by atoms with Crippen molar-refractivity contribution in [2.45, 2.75) is 44.8 Å². The maximum atomic E-state index is 14.7. The standard InChI is InChI=1S/C30H40FN3O7/c1-29(2,3)41-28(37)32-30(27(36)33(4)5)13-8-14-34(19-30)24-11-9-20(17-22(24)26(35)39-7)21-10-12-25(23(31)18-21)40-16-15-38-6/h9-12,17-18H,8,13-16,19H2,1-7H3,(H,32,37). The van der Waals surface area contributed by atoms with E-state index in [1.54, 1.807) is 59.1 Å². The maximum Gasteiger partial charge on any atom is 0.408 e. The monoisotopic (exact) mass is 573 g/mol. The van der Waals surface area contributed by atoms with E-state index >= 15 is 0 Å². The van der Waals surface area contributed by atoms with Crippen molar-refractivity contribution >= 4 is 23.7 Å². The van der Waals surface area contributed by atoms with Crippen molar-refractivity contribution in [1.82, 2.24) is 10.2 Å². The molecule has 3 rings (SSSR count). The predicted octanol–water partition coefficient (Wildman–Crippen LogP) is 4.26. The third-order valence-corrected chi connectivity index (χ3v) is 6.60. The van der Waals surface area contributed by atoms with E-state index in [2.05, 4.69) is 5.32 Å². The minimum absolute atomic E-state index is 0.100. The molecule has 10 nitrogen and oxygen atoms in total. The quantitative estimate of drug-likeness (QED) is 0.351. The van der Waals surface area contributed by atoms with Crippen LogP contribution in [0.15, 0.2) is 36.4 Å². The summed E-state index contributed by atoms with van der Waals surface area (Å²) >= 11 is 0. The van der Waals surface area contributed by atoms with Gasteiger partial charge in [-0.15, -0.1) is 0 Å². The molecule has 41 heavy (non-hydrogen) atoms. The number of piperidine rings is 1. The molecule has 224 valence electrons. The lowest BCUT2D eigenvalue weighted by molar-refractivity contribution is -0.136. The van der Waals surface area contributed by atoms with E-state index in [0.29, 0.717) is 42.8 Å². The number of carbonyl (C=O) groups excluding carboxylic acids is 3. The lowest BCUT2D eigenvalue weighted by Crippen LogP contribution is -2.66. The summed E-state index contributed by atoms with van der Waals surface area (Å²) in [5, 5.41) is 2.83. The molecule has 0 radical (unpaired) electrons. The highest BCUT2D eigenvalue weighted by Gasteiger charge is 2.46. The molecule has 0 aliphatic carbocycles. The SMILES string of the molecule is COCCOc1ccc(-c2ccc(N3CCCC(NC(=O)OC(C)(C)C)(C(=O)N(C)C)C3)c(C(=O)OC)c2)cc1F. The van der Waals surface area contributed by atoms with Crippen molar-refractivity contribution < 1.29 is 37.7 Å². The Morgan fingerprint density at radius 1 is 1.05 bits per heavy atom. The molecule has 1 fully saturated rings. The van der Waals surface area contributed by atoms with Crippen molar-refractivity contribution in [2.24, 2.45) is 0 Å². The number of anilines is 1. The van der Waals surface area contributed by atoms with Crippen molar-refractivity contribution in [1.29, 1.82) is 0 Å². The van der Waals surface area contributed by atoms with Crippen LogP contribution in [0.4, 0.5) is 14.9 Å². The van der Waals surface area contributed by atoms with Crippen molar-refractivity contribution in [3.8, 4) is 16.9 Å². The molecule has 1 saturated heterocycles. The molecule has 1 atom stereocenters. The zero-order chi connectivity index (χ0) is 30.4. The van der Waals surface area contributed by atoms with Crippen LogP contribution < -0.4 is 15.0 Å². The largest absolute Gasteiger partial charge is 0.488 e. The molecule has 1 aliphatic rings.